The van der Waals surface area contributed by atoms with E-state index in [1.807, 2.05) is 24.3 Å². The summed E-state index contributed by atoms with van der Waals surface area (Å²) in [4.78, 5) is 0. The minimum atomic E-state index is -0.480. The van der Waals surface area contributed by atoms with Crippen LogP contribution in [-0.2, 0) is 4.74 Å². The second-order valence-electron chi connectivity index (χ2n) is 6.20. The highest BCUT2D eigenvalue weighted by atomic mass is 16.5. The number of benzene rings is 1. The van der Waals surface area contributed by atoms with Gasteiger partial charge in [0.15, 0.2) is 11.5 Å². The summed E-state index contributed by atoms with van der Waals surface area (Å²) in [6.07, 6.45) is 7.02. The van der Waals surface area contributed by atoms with Gasteiger partial charge in [0, 0.05) is 19.7 Å². The predicted octanol–water partition coefficient (Wildman–Crippen LogP) is 3.40. The van der Waals surface area contributed by atoms with Crippen molar-refractivity contribution >= 4 is 0 Å². The van der Waals surface area contributed by atoms with Gasteiger partial charge in [-0.2, -0.15) is 0 Å². The summed E-state index contributed by atoms with van der Waals surface area (Å²) in [6.45, 7) is 5.03. The van der Waals surface area contributed by atoms with Crippen LogP contribution in [0.15, 0.2) is 24.3 Å². The summed E-state index contributed by atoms with van der Waals surface area (Å²) in [7, 11) is 1.63. The predicted molar refractivity (Wildman–Crippen MR) is 102 cm³/mol. The zero-order valence-corrected chi connectivity index (χ0v) is 15.8. The zero-order chi connectivity index (χ0) is 18.2. The Hall–Kier alpha value is -1.30. The van der Waals surface area contributed by atoms with E-state index in [1.165, 1.54) is 32.1 Å². The Kier molecular flexibility index (Phi) is 13.0. The van der Waals surface area contributed by atoms with Crippen molar-refractivity contribution in [1.82, 2.24) is 5.32 Å². The number of rotatable bonds is 16. The molecular weight excluding hydrogens is 318 g/mol. The third-order valence-electron chi connectivity index (χ3n) is 3.94. The lowest BCUT2D eigenvalue weighted by atomic mass is 10.1. The van der Waals surface area contributed by atoms with Crippen molar-refractivity contribution in [1.29, 1.82) is 0 Å². The number of hydrogen-bond donors (Lipinski definition) is 2. The fourth-order valence-electron chi connectivity index (χ4n) is 2.50. The molecular formula is C20H35NO4. The smallest absolute Gasteiger partial charge is 0.161 e. The van der Waals surface area contributed by atoms with Crippen LogP contribution in [0.25, 0.3) is 0 Å². The highest BCUT2D eigenvalue weighted by Crippen LogP contribution is 2.25. The van der Waals surface area contributed by atoms with Crippen LogP contribution in [0.4, 0.5) is 0 Å². The molecule has 0 saturated carbocycles. The molecule has 25 heavy (non-hydrogen) atoms. The molecule has 144 valence electrons. The van der Waals surface area contributed by atoms with Crippen LogP contribution >= 0.6 is 0 Å². The number of unbranched alkanes of at least 4 members (excludes halogenated alkanes) is 5. The van der Waals surface area contributed by atoms with E-state index >= 15 is 0 Å². The average Bonchev–Trinajstić information content (AvgIpc) is 2.64. The maximum Gasteiger partial charge on any atom is 0.161 e. The summed E-state index contributed by atoms with van der Waals surface area (Å²) >= 11 is 0. The quantitative estimate of drug-likeness (QED) is 0.446. The van der Waals surface area contributed by atoms with Crippen LogP contribution in [0.5, 0.6) is 11.5 Å². The van der Waals surface area contributed by atoms with Gasteiger partial charge in [-0.3, -0.25) is 0 Å². The fraction of sp³-hybridized carbons (Fsp3) is 0.700. The Morgan fingerprint density at radius 1 is 1.00 bits per heavy atom. The van der Waals surface area contributed by atoms with Crippen molar-refractivity contribution in [3.05, 3.63) is 24.3 Å². The highest BCUT2D eigenvalue weighted by Gasteiger charge is 2.05. The third kappa shape index (κ3) is 11.0. The van der Waals surface area contributed by atoms with Gasteiger partial charge in [-0.15, -0.1) is 0 Å². The van der Waals surface area contributed by atoms with Crippen LogP contribution in [0.1, 0.15) is 45.4 Å². The molecule has 0 saturated heterocycles. The monoisotopic (exact) mass is 353 g/mol. The number of aliphatic hydroxyl groups is 1. The van der Waals surface area contributed by atoms with Crippen molar-refractivity contribution in [3.8, 4) is 11.5 Å². The Bertz CT molecular complexity index is 428. The molecule has 0 heterocycles. The molecule has 0 aliphatic heterocycles. The number of methoxy groups -OCH3 is 1. The van der Waals surface area contributed by atoms with Crippen LogP contribution in [0, 0.1) is 0 Å². The van der Waals surface area contributed by atoms with Gasteiger partial charge in [-0.05, 0) is 18.6 Å². The van der Waals surface area contributed by atoms with Crippen molar-refractivity contribution in [2.75, 3.05) is 40.0 Å². The zero-order valence-electron chi connectivity index (χ0n) is 15.8. The Morgan fingerprint density at radius 3 is 2.48 bits per heavy atom. The van der Waals surface area contributed by atoms with Gasteiger partial charge in [-0.1, -0.05) is 51.2 Å². The van der Waals surface area contributed by atoms with E-state index in [1.54, 1.807) is 7.11 Å². The maximum atomic E-state index is 9.87. The lowest BCUT2D eigenvalue weighted by Crippen LogP contribution is -2.33. The molecule has 0 aliphatic carbocycles. The minimum Gasteiger partial charge on any atom is -0.493 e. The van der Waals surface area contributed by atoms with E-state index in [4.69, 9.17) is 14.2 Å². The van der Waals surface area contributed by atoms with Gasteiger partial charge in [0.05, 0.1) is 19.8 Å². The second-order valence-corrected chi connectivity index (χ2v) is 6.20. The summed E-state index contributed by atoms with van der Waals surface area (Å²) in [6, 6.07) is 7.57. The van der Waals surface area contributed by atoms with Crippen LogP contribution < -0.4 is 14.8 Å². The lowest BCUT2D eigenvalue weighted by molar-refractivity contribution is 0.0351. The first-order valence-corrected chi connectivity index (χ1v) is 9.50. The molecule has 0 aliphatic rings. The number of nitrogens with one attached hydrogen (secondary N) is 1. The molecule has 0 aromatic heterocycles. The standard InChI is InChI=1S/C20H35NO4/c1-3-4-5-6-7-10-14-24-17-18(22)16-21-13-15-25-20-12-9-8-11-19(20)23-2/h8-9,11-12,18,21-22H,3-7,10,13-17H2,1-2H3/t18-/m0/s1. The van der Waals surface area contributed by atoms with Crippen molar-refractivity contribution in [3.63, 3.8) is 0 Å². The SMILES string of the molecule is CCCCCCCCOC[C@@H](O)CNCCOc1ccccc1OC. The number of aliphatic hydroxyl groups excluding tert-OH is 1. The molecule has 5 heteroatoms. The molecule has 1 rings (SSSR count). The van der Waals surface area contributed by atoms with Gasteiger partial charge >= 0.3 is 0 Å². The number of hydrogen-bond acceptors (Lipinski definition) is 5. The van der Waals surface area contributed by atoms with Gasteiger partial charge in [0.25, 0.3) is 0 Å². The summed E-state index contributed by atoms with van der Waals surface area (Å²) in [5, 5.41) is 13.0. The van der Waals surface area contributed by atoms with Gasteiger partial charge in [0.2, 0.25) is 0 Å². The van der Waals surface area contributed by atoms with E-state index in [0.29, 0.717) is 26.3 Å². The summed E-state index contributed by atoms with van der Waals surface area (Å²) < 4.78 is 16.4. The largest absolute Gasteiger partial charge is 0.493 e. The van der Waals surface area contributed by atoms with Gasteiger partial charge in [0.1, 0.15) is 6.61 Å². The third-order valence-corrected chi connectivity index (χ3v) is 3.94. The molecule has 1 aromatic carbocycles. The Morgan fingerprint density at radius 2 is 1.72 bits per heavy atom. The van der Waals surface area contributed by atoms with E-state index in [9.17, 15) is 5.11 Å². The van der Waals surface area contributed by atoms with Crippen LogP contribution in [-0.4, -0.2) is 51.2 Å². The number of ether oxygens (including phenoxy) is 3. The normalized spacial score (nSPS) is 12.1. The highest BCUT2D eigenvalue weighted by molar-refractivity contribution is 5.39. The molecule has 1 atom stereocenters. The molecule has 0 fully saturated rings. The number of para-hydroxylation sites is 2. The van der Waals surface area contributed by atoms with E-state index in [-0.39, 0.29) is 0 Å². The maximum absolute atomic E-state index is 9.87. The second kappa shape index (κ2) is 15.0. The average molecular weight is 354 g/mol. The van der Waals surface area contributed by atoms with E-state index < -0.39 is 6.10 Å². The van der Waals surface area contributed by atoms with E-state index in [2.05, 4.69) is 12.2 Å². The van der Waals surface area contributed by atoms with Crippen LogP contribution in [0.2, 0.25) is 0 Å². The Labute approximate surface area is 152 Å². The van der Waals surface area contributed by atoms with Crippen molar-refractivity contribution < 1.29 is 19.3 Å². The fourth-order valence-corrected chi connectivity index (χ4v) is 2.50. The van der Waals surface area contributed by atoms with Gasteiger partial charge < -0.3 is 24.6 Å². The molecule has 0 bridgehead atoms. The first-order chi connectivity index (χ1) is 12.3. The van der Waals surface area contributed by atoms with Crippen molar-refractivity contribution in [2.24, 2.45) is 0 Å². The molecule has 1 aromatic rings. The van der Waals surface area contributed by atoms with Crippen LogP contribution in [0.3, 0.4) is 0 Å². The molecule has 0 radical (unpaired) electrons. The van der Waals surface area contributed by atoms with E-state index in [0.717, 1.165) is 24.5 Å². The molecule has 2 N–H and O–H groups in total. The summed E-state index contributed by atoms with van der Waals surface area (Å²) in [5.74, 6) is 1.46. The molecule has 5 nitrogen and oxygen atoms in total. The minimum absolute atomic E-state index is 0.384. The summed E-state index contributed by atoms with van der Waals surface area (Å²) in [5.41, 5.74) is 0. The molecule has 0 amide bonds. The first kappa shape index (κ1) is 21.7. The topological polar surface area (TPSA) is 60.0 Å². The van der Waals surface area contributed by atoms with Gasteiger partial charge in [-0.25, -0.2) is 0 Å². The lowest BCUT2D eigenvalue weighted by Gasteiger charge is -2.13. The molecule has 0 spiro atoms. The Balaban J connectivity index is 1.94. The molecule has 0 unspecified atom stereocenters. The van der Waals surface area contributed by atoms with Crippen molar-refractivity contribution in [2.45, 2.75) is 51.6 Å². The first-order valence-electron chi connectivity index (χ1n) is 9.50.